The van der Waals surface area contributed by atoms with Crippen molar-refractivity contribution in [2.75, 3.05) is 36.4 Å². The first kappa shape index (κ1) is 23.8. The minimum absolute atomic E-state index is 0.0391. The average molecular weight is 493 g/mol. The van der Waals surface area contributed by atoms with Crippen molar-refractivity contribution >= 4 is 38.3 Å². The van der Waals surface area contributed by atoms with Gasteiger partial charge in [-0.15, -0.1) is 0 Å². The Morgan fingerprint density at radius 2 is 1.69 bits per heavy atom. The van der Waals surface area contributed by atoms with Crippen molar-refractivity contribution in [3.05, 3.63) is 59.7 Å². The number of hydrogen-bond donors (Lipinski definition) is 1. The van der Waals surface area contributed by atoms with E-state index in [-0.39, 0.29) is 11.8 Å². The zero-order valence-electron chi connectivity index (χ0n) is 20.3. The quantitative estimate of drug-likeness (QED) is 0.567. The summed E-state index contributed by atoms with van der Waals surface area (Å²) in [6.07, 6.45) is 3.59. The van der Waals surface area contributed by atoms with E-state index in [0.717, 1.165) is 65.8 Å². The summed E-state index contributed by atoms with van der Waals surface area (Å²) in [4.78, 5) is 20.3. The van der Waals surface area contributed by atoms with E-state index in [1.165, 1.54) is 0 Å². The first-order valence-electron chi connectivity index (χ1n) is 12.3. The number of nitrogens with zero attached hydrogens (tertiary/aromatic N) is 3. The van der Waals surface area contributed by atoms with E-state index in [1.807, 2.05) is 38.1 Å². The number of fused-ring (bicyclic) bond motifs is 1. The van der Waals surface area contributed by atoms with Crippen molar-refractivity contribution in [1.29, 1.82) is 0 Å². The smallest absolute Gasteiger partial charge is 0.243 e. The van der Waals surface area contributed by atoms with Crippen LogP contribution in [0.15, 0.2) is 53.4 Å². The summed E-state index contributed by atoms with van der Waals surface area (Å²) in [6.45, 7) is 6.68. The molecule has 8 heteroatoms. The van der Waals surface area contributed by atoms with E-state index >= 15 is 0 Å². The Morgan fingerprint density at radius 1 is 0.943 bits per heavy atom. The lowest BCUT2D eigenvalue weighted by Crippen LogP contribution is -2.41. The lowest BCUT2D eigenvalue weighted by molar-refractivity contribution is -0.120. The standard InChI is InChI=1S/C27H32N4O3S/c1-19-14-20(2)16-23(15-19)28-27(32)22-6-5-11-30(18-22)26-10-7-21-17-24(8-9-25(21)29-26)35(33,34)31-12-3-4-13-31/h7-10,14-17,22H,3-6,11-13,18H2,1-2H3,(H,28,32)/t22-/m1/s1. The number of piperidine rings is 1. The maximum atomic E-state index is 13.0. The third-order valence-corrected chi connectivity index (χ3v) is 8.85. The van der Waals surface area contributed by atoms with Crippen LogP contribution >= 0.6 is 0 Å². The zero-order valence-corrected chi connectivity index (χ0v) is 21.1. The number of carbonyl (C=O) groups excluding carboxylic acids is 1. The van der Waals surface area contributed by atoms with Gasteiger partial charge in [-0.2, -0.15) is 4.31 Å². The average Bonchev–Trinajstić information content (AvgIpc) is 3.39. The highest BCUT2D eigenvalue weighted by Gasteiger charge is 2.28. The minimum Gasteiger partial charge on any atom is -0.356 e. The fraction of sp³-hybridized carbons (Fsp3) is 0.407. The van der Waals surface area contributed by atoms with Crippen LogP contribution in [0.25, 0.3) is 10.9 Å². The van der Waals surface area contributed by atoms with Crippen molar-refractivity contribution in [3.63, 3.8) is 0 Å². The van der Waals surface area contributed by atoms with E-state index in [0.29, 0.717) is 24.5 Å². The van der Waals surface area contributed by atoms with Crippen LogP contribution in [0.3, 0.4) is 0 Å². The molecule has 2 aliphatic heterocycles. The van der Waals surface area contributed by atoms with Crippen LogP contribution in [-0.4, -0.2) is 49.8 Å². The number of aromatic nitrogens is 1. The molecule has 3 aromatic rings. The number of pyridine rings is 1. The van der Waals surface area contributed by atoms with Crippen LogP contribution in [0.4, 0.5) is 11.5 Å². The maximum absolute atomic E-state index is 13.0. The Kier molecular flexibility index (Phi) is 6.51. The van der Waals surface area contributed by atoms with Gasteiger partial charge in [0.25, 0.3) is 0 Å². The minimum atomic E-state index is -3.46. The van der Waals surface area contributed by atoms with Crippen molar-refractivity contribution in [2.24, 2.45) is 5.92 Å². The highest BCUT2D eigenvalue weighted by Crippen LogP contribution is 2.28. The van der Waals surface area contributed by atoms with Gasteiger partial charge in [0.05, 0.1) is 16.3 Å². The number of hydrogen-bond acceptors (Lipinski definition) is 5. The number of sulfonamides is 1. The summed E-state index contributed by atoms with van der Waals surface area (Å²) >= 11 is 0. The second-order valence-electron chi connectivity index (χ2n) is 9.79. The van der Waals surface area contributed by atoms with Crippen LogP contribution in [0, 0.1) is 19.8 Å². The lowest BCUT2D eigenvalue weighted by Gasteiger charge is -2.33. The van der Waals surface area contributed by atoms with Gasteiger partial charge < -0.3 is 10.2 Å². The summed E-state index contributed by atoms with van der Waals surface area (Å²) in [7, 11) is -3.46. The second kappa shape index (κ2) is 9.59. The predicted molar refractivity (Wildman–Crippen MR) is 139 cm³/mol. The van der Waals surface area contributed by atoms with E-state index in [1.54, 1.807) is 22.5 Å². The molecule has 2 fully saturated rings. The molecule has 0 bridgehead atoms. The number of benzene rings is 2. The van der Waals surface area contributed by atoms with Gasteiger partial charge in [-0.25, -0.2) is 13.4 Å². The molecule has 1 N–H and O–H groups in total. The third kappa shape index (κ3) is 5.04. The van der Waals surface area contributed by atoms with Gasteiger partial charge in [0.1, 0.15) is 5.82 Å². The molecule has 0 aliphatic carbocycles. The number of aryl methyl sites for hydroxylation is 2. The van der Waals surface area contributed by atoms with Gasteiger partial charge in [-0.05, 0) is 93.1 Å². The molecular formula is C27H32N4O3S. The molecule has 2 aliphatic rings. The first-order chi connectivity index (χ1) is 16.8. The van der Waals surface area contributed by atoms with Gasteiger partial charge in [0.2, 0.25) is 15.9 Å². The SMILES string of the molecule is Cc1cc(C)cc(NC(=O)[C@@H]2CCCN(c3ccc4cc(S(=O)(=O)N5CCCC5)ccc4n3)C2)c1. The maximum Gasteiger partial charge on any atom is 0.243 e. The molecule has 2 aromatic carbocycles. The van der Waals surface area contributed by atoms with E-state index in [4.69, 9.17) is 4.98 Å². The highest BCUT2D eigenvalue weighted by molar-refractivity contribution is 7.89. The van der Waals surface area contributed by atoms with Crippen molar-refractivity contribution in [2.45, 2.75) is 44.4 Å². The van der Waals surface area contributed by atoms with Crippen LogP contribution in [0.1, 0.15) is 36.8 Å². The summed E-state index contributed by atoms with van der Waals surface area (Å²) in [5.41, 5.74) is 3.85. The third-order valence-electron chi connectivity index (χ3n) is 6.95. The molecule has 1 aromatic heterocycles. The van der Waals surface area contributed by atoms with Gasteiger partial charge in [-0.1, -0.05) is 6.07 Å². The molecule has 0 saturated carbocycles. The largest absolute Gasteiger partial charge is 0.356 e. The monoisotopic (exact) mass is 492 g/mol. The topological polar surface area (TPSA) is 82.6 Å². The van der Waals surface area contributed by atoms with Gasteiger partial charge in [-0.3, -0.25) is 4.79 Å². The number of carbonyl (C=O) groups is 1. The van der Waals surface area contributed by atoms with Gasteiger partial charge >= 0.3 is 0 Å². The zero-order chi connectivity index (χ0) is 24.6. The second-order valence-corrected chi connectivity index (χ2v) is 11.7. The van der Waals surface area contributed by atoms with Crippen molar-refractivity contribution in [3.8, 4) is 0 Å². The normalized spacial score (nSPS) is 19.3. The molecule has 1 amide bonds. The predicted octanol–water partition coefficient (Wildman–Crippen LogP) is 4.49. The molecule has 0 unspecified atom stereocenters. The Balaban J connectivity index is 1.31. The fourth-order valence-electron chi connectivity index (χ4n) is 5.20. The molecule has 0 spiro atoms. The van der Waals surface area contributed by atoms with Crippen molar-refractivity contribution in [1.82, 2.24) is 9.29 Å². The van der Waals surface area contributed by atoms with Crippen LogP contribution in [0.5, 0.6) is 0 Å². The molecule has 3 heterocycles. The Hall–Kier alpha value is -2.97. The molecule has 1 atom stereocenters. The summed E-state index contributed by atoms with van der Waals surface area (Å²) in [5, 5.41) is 3.89. The molecule has 184 valence electrons. The number of anilines is 2. The molecule has 7 nitrogen and oxygen atoms in total. The number of amides is 1. The molecule has 2 saturated heterocycles. The van der Waals surface area contributed by atoms with Crippen LogP contribution in [0.2, 0.25) is 0 Å². The number of rotatable bonds is 5. The summed E-state index contributed by atoms with van der Waals surface area (Å²) < 4.78 is 27.4. The highest BCUT2D eigenvalue weighted by atomic mass is 32.2. The molecule has 0 radical (unpaired) electrons. The van der Waals surface area contributed by atoms with Crippen LogP contribution < -0.4 is 10.2 Å². The van der Waals surface area contributed by atoms with Gasteiger partial charge in [0, 0.05) is 37.3 Å². The first-order valence-corrected chi connectivity index (χ1v) is 13.8. The Labute approximate surface area is 207 Å². The Morgan fingerprint density at radius 3 is 2.43 bits per heavy atom. The van der Waals surface area contributed by atoms with E-state index < -0.39 is 10.0 Å². The number of nitrogens with one attached hydrogen (secondary N) is 1. The van der Waals surface area contributed by atoms with Gasteiger partial charge in [0.15, 0.2) is 0 Å². The Bertz CT molecular complexity index is 1350. The summed E-state index contributed by atoms with van der Waals surface area (Å²) in [5.74, 6) is 0.740. The molecular weight excluding hydrogens is 460 g/mol. The van der Waals surface area contributed by atoms with Crippen molar-refractivity contribution < 1.29 is 13.2 Å². The van der Waals surface area contributed by atoms with E-state index in [9.17, 15) is 13.2 Å². The lowest BCUT2D eigenvalue weighted by atomic mass is 9.96. The summed E-state index contributed by atoms with van der Waals surface area (Å²) in [6, 6.07) is 15.1. The fourth-order valence-corrected chi connectivity index (χ4v) is 6.75. The van der Waals surface area contributed by atoms with E-state index in [2.05, 4.69) is 16.3 Å². The molecule has 35 heavy (non-hydrogen) atoms. The van der Waals surface area contributed by atoms with Crippen LogP contribution in [-0.2, 0) is 14.8 Å². The molecule has 5 rings (SSSR count).